The van der Waals surface area contributed by atoms with E-state index in [1.54, 1.807) is 17.1 Å². The second kappa shape index (κ2) is 4.82. The number of hydrogen-bond donors (Lipinski definition) is 1. The maximum Gasteiger partial charge on any atom is 0.224 e. The molecule has 70 valence electrons. The first-order valence-electron chi connectivity index (χ1n) is 3.51. The molecular formula is C7H15N3OS. The molecule has 4 nitrogen and oxygen atoms in total. The molecule has 0 aliphatic heterocycles. The SMILES string of the molecule is CCC(=O)Nc1cnn(C)c1.S.[HH]. The van der Waals surface area contributed by atoms with Gasteiger partial charge in [0.15, 0.2) is 0 Å². The summed E-state index contributed by atoms with van der Waals surface area (Å²) in [6.07, 6.45) is 3.87. The topological polar surface area (TPSA) is 46.9 Å². The van der Waals surface area contributed by atoms with Crippen molar-refractivity contribution in [1.82, 2.24) is 9.78 Å². The Morgan fingerprint density at radius 1 is 1.83 bits per heavy atom. The third-order valence-electron chi connectivity index (χ3n) is 1.31. The molecule has 0 spiro atoms. The summed E-state index contributed by atoms with van der Waals surface area (Å²) in [5.41, 5.74) is 0.749. The Morgan fingerprint density at radius 2 is 2.50 bits per heavy atom. The van der Waals surface area contributed by atoms with Crippen LogP contribution in [0.3, 0.4) is 0 Å². The van der Waals surface area contributed by atoms with Crippen LogP contribution in [0.4, 0.5) is 5.69 Å². The molecular weight excluding hydrogens is 174 g/mol. The summed E-state index contributed by atoms with van der Waals surface area (Å²) in [6.45, 7) is 1.81. The molecule has 1 heterocycles. The summed E-state index contributed by atoms with van der Waals surface area (Å²) >= 11 is 0. The van der Waals surface area contributed by atoms with Gasteiger partial charge in [-0.2, -0.15) is 18.6 Å². The molecule has 0 aromatic carbocycles. The van der Waals surface area contributed by atoms with E-state index in [1.165, 1.54) is 0 Å². The zero-order chi connectivity index (χ0) is 8.27. The molecule has 0 saturated carbocycles. The van der Waals surface area contributed by atoms with Crippen LogP contribution < -0.4 is 5.32 Å². The van der Waals surface area contributed by atoms with Crippen LogP contribution in [0.2, 0.25) is 0 Å². The van der Waals surface area contributed by atoms with Crippen LogP contribution in [0.5, 0.6) is 0 Å². The van der Waals surface area contributed by atoms with Crippen LogP contribution in [-0.2, 0) is 11.8 Å². The van der Waals surface area contributed by atoms with Crippen molar-refractivity contribution < 1.29 is 6.22 Å². The Morgan fingerprint density at radius 3 is 2.92 bits per heavy atom. The molecule has 0 atom stereocenters. The average Bonchev–Trinajstić information content (AvgIpc) is 2.35. The maximum atomic E-state index is 10.8. The first-order valence-corrected chi connectivity index (χ1v) is 3.51. The van der Waals surface area contributed by atoms with Gasteiger partial charge >= 0.3 is 0 Å². The van der Waals surface area contributed by atoms with Crippen molar-refractivity contribution in [3.63, 3.8) is 0 Å². The molecule has 0 unspecified atom stereocenters. The molecule has 0 saturated heterocycles. The molecule has 1 rings (SSSR count). The third kappa shape index (κ3) is 2.96. The lowest BCUT2D eigenvalue weighted by Crippen LogP contribution is -2.08. The second-order valence-corrected chi connectivity index (χ2v) is 2.30. The smallest absolute Gasteiger partial charge is 0.224 e. The van der Waals surface area contributed by atoms with Crippen LogP contribution in [0, 0.1) is 0 Å². The van der Waals surface area contributed by atoms with Crippen molar-refractivity contribution in [1.29, 1.82) is 0 Å². The van der Waals surface area contributed by atoms with Crippen LogP contribution >= 0.6 is 13.5 Å². The number of amides is 1. The summed E-state index contributed by atoms with van der Waals surface area (Å²) in [5.74, 6) is 0.0120. The molecule has 0 aliphatic carbocycles. The number of nitrogens with zero attached hydrogens (tertiary/aromatic N) is 2. The van der Waals surface area contributed by atoms with Crippen molar-refractivity contribution in [2.24, 2.45) is 7.05 Å². The number of carbonyl (C=O) groups is 1. The number of carbonyl (C=O) groups excluding carboxylic acids is 1. The summed E-state index contributed by atoms with van der Waals surface area (Å²) in [5, 5.41) is 6.60. The average molecular weight is 189 g/mol. The lowest BCUT2D eigenvalue weighted by molar-refractivity contribution is -0.115. The fraction of sp³-hybridized carbons (Fsp3) is 0.429. The Balaban J connectivity index is 0. The predicted octanol–water partition coefficient (Wildman–Crippen LogP) is 1.13. The van der Waals surface area contributed by atoms with Gasteiger partial charge in [0.05, 0.1) is 11.9 Å². The van der Waals surface area contributed by atoms with E-state index in [-0.39, 0.29) is 20.8 Å². The maximum absolute atomic E-state index is 10.8. The van der Waals surface area contributed by atoms with E-state index in [9.17, 15) is 4.79 Å². The number of aryl methyl sites for hydroxylation is 1. The minimum atomic E-state index is 0. The minimum Gasteiger partial charge on any atom is -0.323 e. The van der Waals surface area contributed by atoms with Crippen molar-refractivity contribution in [3.05, 3.63) is 12.4 Å². The monoisotopic (exact) mass is 189 g/mol. The summed E-state index contributed by atoms with van der Waals surface area (Å²) in [7, 11) is 1.81. The van der Waals surface area contributed by atoms with Crippen molar-refractivity contribution >= 4 is 25.1 Å². The van der Waals surface area contributed by atoms with E-state index >= 15 is 0 Å². The quantitative estimate of drug-likeness (QED) is 0.758. The van der Waals surface area contributed by atoms with Gasteiger partial charge in [-0.15, -0.1) is 0 Å². The van der Waals surface area contributed by atoms with Crippen molar-refractivity contribution in [2.75, 3.05) is 5.32 Å². The highest BCUT2D eigenvalue weighted by Gasteiger charge is 1.98. The Kier molecular flexibility index (Phi) is 4.43. The van der Waals surface area contributed by atoms with Gasteiger partial charge in [0.2, 0.25) is 5.91 Å². The largest absolute Gasteiger partial charge is 0.323 e. The summed E-state index contributed by atoms with van der Waals surface area (Å²) in [6, 6.07) is 0. The molecule has 1 aromatic rings. The fourth-order valence-electron chi connectivity index (χ4n) is 0.735. The van der Waals surface area contributed by atoms with Crippen LogP contribution in [0.25, 0.3) is 0 Å². The standard InChI is InChI=1S/C7H11N3O.H2S.H2/c1-3-7(11)9-6-4-8-10(2)5-6;;/h4-5H,3H2,1-2H3,(H,9,11);1H2;1H. The first kappa shape index (κ1) is 11.0. The Labute approximate surface area is 79.9 Å². The predicted molar refractivity (Wildman–Crippen MR) is 54.6 cm³/mol. The molecule has 5 heteroatoms. The Bertz CT molecular complexity index is 264. The van der Waals surface area contributed by atoms with Gasteiger partial charge in [0.1, 0.15) is 0 Å². The number of rotatable bonds is 2. The number of nitrogens with one attached hydrogen (secondary N) is 1. The second-order valence-electron chi connectivity index (χ2n) is 2.30. The zero-order valence-electron chi connectivity index (χ0n) is 7.16. The van der Waals surface area contributed by atoms with E-state index in [0.717, 1.165) is 5.69 Å². The molecule has 1 N–H and O–H groups in total. The number of hydrogen-bond acceptors (Lipinski definition) is 2. The minimum absolute atomic E-state index is 0. The third-order valence-corrected chi connectivity index (χ3v) is 1.31. The number of anilines is 1. The molecule has 0 fully saturated rings. The highest BCUT2D eigenvalue weighted by molar-refractivity contribution is 7.59. The van der Waals surface area contributed by atoms with Crippen molar-refractivity contribution in [3.8, 4) is 0 Å². The molecule has 0 aliphatic rings. The van der Waals surface area contributed by atoms with E-state index in [1.807, 2.05) is 14.0 Å². The molecule has 0 radical (unpaired) electrons. The van der Waals surface area contributed by atoms with Gasteiger partial charge in [0.25, 0.3) is 0 Å². The van der Waals surface area contributed by atoms with Crippen LogP contribution in [0.1, 0.15) is 14.8 Å². The van der Waals surface area contributed by atoms with E-state index in [4.69, 9.17) is 0 Å². The van der Waals surface area contributed by atoms with Crippen LogP contribution in [0.15, 0.2) is 12.4 Å². The van der Waals surface area contributed by atoms with Gasteiger partial charge in [-0.25, -0.2) is 0 Å². The van der Waals surface area contributed by atoms with Gasteiger partial charge in [-0.3, -0.25) is 9.48 Å². The van der Waals surface area contributed by atoms with Gasteiger partial charge in [0, 0.05) is 21.1 Å². The van der Waals surface area contributed by atoms with Gasteiger partial charge in [-0.05, 0) is 0 Å². The van der Waals surface area contributed by atoms with Crippen molar-refractivity contribution in [2.45, 2.75) is 13.3 Å². The molecule has 1 amide bonds. The molecule has 0 bridgehead atoms. The van der Waals surface area contributed by atoms with Gasteiger partial charge < -0.3 is 5.32 Å². The Hall–Kier alpha value is -0.970. The highest BCUT2D eigenvalue weighted by atomic mass is 32.1. The fourth-order valence-corrected chi connectivity index (χ4v) is 0.735. The zero-order valence-corrected chi connectivity index (χ0v) is 8.16. The van der Waals surface area contributed by atoms with E-state index in [2.05, 4.69) is 10.4 Å². The van der Waals surface area contributed by atoms with E-state index < -0.39 is 0 Å². The number of aromatic nitrogens is 2. The summed E-state index contributed by atoms with van der Waals surface area (Å²) in [4.78, 5) is 10.8. The molecule has 12 heavy (non-hydrogen) atoms. The first-order chi connectivity index (χ1) is 5.22. The van der Waals surface area contributed by atoms with E-state index in [0.29, 0.717) is 6.42 Å². The lowest BCUT2D eigenvalue weighted by Gasteiger charge is -1.96. The van der Waals surface area contributed by atoms with Gasteiger partial charge in [-0.1, -0.05) is 6.92 Å². The summed E-state index contributed by atoms with van der Waals surface area (Å²) < 4.78 is 1.64. The molecule has 1 aromatic heterocycles. The highest BCUT2D eigenvalue weighted by Crippen LogP contribution is 2.02. The normalized spacial score (nSPS) is 8.83. The van der Waals surface area contributed by atoms with Crippen LogP contribution in [-0.4, -0.2) is 15.7 Å². The lowest BCUT2D eigenvalue weighted by atomic mass is 10.4.